The third-order valence-corrected chi connectivity index (χ3v) is 3.31. The third-order valence-electron chi connectivity index (χ3n) is 3.31. The van der Waals surface area contributed by atoms with E-state index in [9.17, 15) is 9.59 Å². The number of nitrogens with two attached hydrogens (primary N) is 1. The van der Waals surface area contributed by atoms with Crippen LogP contribution in [-0.4, -0.2) is 41.0 Å². The SMILES string of the molecule is CCCC(N)C(=O)N1CCC(CC(=O)O)CC1. The first kappa shape index (κ1) is 14.0. The largest absolute Gasteiger partial charge is 0.481 e. The van der Waals surface area contributed by atoms with Crippen molar-refractivity contribution in [2.45, 2.75) is 45.1 Å². The Kier molecular flexibility index (Phi) is 5.41. The Morgan fingerprint density at radius 3 is 2.47 bits per heavy atom. The first-order chi connectivity index (χ1) is 8.04. The van der Waals surface area contributed by atoms with Crippen molar-refractivity contribution >= 4 is 11.9 Å². The third kappa shape index (κ3) is 4.34. The smallest absolute Gasteiger partial charge is 0.303 e. The maximum Gasteiger partial charge on any atom is 0.303 e. The quantitative estimate of drug-likeness (QED) is 0.748. The van der Waals surface area contributed by atoms with E-state index in [1.165, 1.54) is 0 Å². The summed E-state index contributed by atoms with van der Waals surface area (Å²) in [6.45, 7) is 3.30. The number of piperidine rings is 1. The fraction of sp³-hybridized carbons (Fsp3) is 0.833. The van der Waals surface area contributed by atoms with Gasteiger partial charge in [-0.15, -0.1) is 0 Å². The average Bonchev–Trinajstić information content (AvgIpc) is 2.28. The number of rotatable bonds is 5. The van der Waals surface area contributed by atoms with Gasteiger partial charge in [-0.1, -0.05) is 13.3 Å². The lowest BCUT2D eigenvalue weighted by Crippen LogP contribution is -2.47. The fourth-order valence-corrected chi connectivity index (χ4v) is 2.27. The standard InChI is InChI=1S/C12H22N2O3/c1-2-3-10(13)12(17)14-6-4-9(5-7-14)8-11(15)16/h9-10H,2-8,13H2,1H3,(H,15,16). The first-order valence-electron chi connectivity index (χ1n) is 6.30. The van der Waals surface area contributed by atoms with Crippen LogP contribution in [0.4, 0.5) is 0 Å². The summed E-state index contributed by atoms with van der Waals surface area (Å²) in [5.74, 6) is -0.531. The van der Waals surface area contributed by atoms with Crippen LogP contribution in [0, 0.1) is 5.92 Å². The Hall–Kier alpha value is -1.10. The molecule has 1 unspecified atom stereocenters. The van der Waals surface area contributed by atoms with E-state index in [1.807, 2.05) is 6.92 Å². The second-order valence-corrected chi connectivity index (χ2v) is 4.76. The number of carbonyl (C=O) groups is 2. The number of aliphatic carboxylic acids is 1. The Bertz CT molecular complexity index is 273. The second kappa shape index (κ2) is 6.59. The van der Waals surface area contributed by atoms with Gasteiger partial charge >= 0.3 is 5.97 Å². The average molecular weight is 242 g/mol. The molecule has 1 heterocycles. The predicted octanol–water partition coefficient (Wildman–Crippen LogP) is 0.827. The van der Waals surface area contributed by atoms with Gasteiger partial charge in [-0.2, -0.15) is 0 Å². The van der Waals surface area contributed by atoms with Crippen LogP contribution in [0.3, 0.4) is 0 Å². The van der Waals surface area contributed by atoms with E-state index in [0.29, 0.717) is 19.5 Å². The molecule has 1 amide bonds. The summed E-state index contributed by atoms with van der Waals surface area (Å²) in [7, 11) is 0. The molecule has 1 fully saturated rings. The zero-order valence-corrected chi connectivity index (χ0v) is 10.4. The molecule has 1 rings (SSSR count). The van der Waals surface area contributed by atoms with Crippen molar-refractivity contribution in [1.82, 2.24) is 4.90 Å². The summed E-state index contributed by atoms with van der Waals surface area (Å²) in [6.07, 6.45) is 3.38. The molecule has 1 aliphatic rings. The maximum absolute atomic E-state index is 11.9. The van der Waals surface area contributed by atoms with Gasteiger partial charge in [0.05, 0.1) is 6.04 Å². The van der Waals surface area contributed by atoms with Gasteiger partial charge in [0.2, 0.25) is 5.91 Å². The van der Waals surface area contributed by atoms with Gasteiger partial charge in [0.15, 0.2) is 0 Å². The Labute approximate surface area is 102 Å². The van der Waals surface area contributed by atoms with Gasteiger partial charge in [-0.25, -0.2) is 0 Å². The molecule has 98 valence electrons. The van der Waals surface area contributed by atoms with Crippen molar-refractivity contribution in [2.24, 2.45) is 11.7 Å². The molecule has 0 spiro atoms. The van der Waals surface area contributed by atoms with E-state index in [-0.39, 0.29) is 18.2 Å². The van der Waals surface area contributed by atoms with Crippen LogP contribution in [0.15, 0.2) is 0 Å². The number of amides is 1. The minimum absolute atomic E-state index is 0.0145. The van der Waals surface area contributed by atoms with E-state index < -0.39 is 12.0 Å². The highest BCUT2D eigenvalue weighted by Gasteiger charge is 2.26. The molecule has 5 heteroatoms. The summed E-state index contributed by atoms with van der Waals surface area (Å²) in [6, 6.07) is -0.393. The molecule has 0 aromatic rings. The zero-order chi connectivity index (χ0) is 12.8. The summed E-state index contributed by atoms with van der Waals surface area (Å²) < 4.78 is 0. The molecule has 0 aromatic carbocycles. The maximum atomic E-state index is 11.9. The van der Waals surface area contributed by atoms with Crippen LogP contribution in [0.2, 0.25) is 0 Å². The molecule has 1 atom stereocenters. The molecule has 1 saturated heterocycles. The molecular weight excluding hydrogens is 220 g/mol. The van der Waals surface area contributed by atoms with Gasteiger partial charge in [-0.3, -0.25) is 9.59 Å². The second-order valence-electron chi connectivity index (χ2n) is 4.76. The summed E-state index contributed by atoms with van der Waals surface area (Å²) >= 11 is 0. The number of carboxylic acids is 1. The van der Waals surface area contributed by atoms with E-state index >= 15 is 0 Å². The van der Waals surface area contributed by atoms with Crippen molar-refractivity contribution in [1.29, 1.82) is 0 Å². The van der Waals surface area contributed by atoms with Crippen molar-refractivity contribution in [2.75, 3.05) is 13.1 Å². The van der Waals surface area contributed by atoms with Crippen LogP contribution in [0.1, 0.15) is 39.0 Å². The molecule has 0 radical (unpaired) electrons. The van der Waals surface area contributed by atoms with Crippen molar-refractivity contribution in [3.05, 3.63) is 0 Å². The fourth-order valence-electron chi connectivity index (χ4n) is 2.27. The minimum atomic E-state index is -0.752. The van der Waals surface area contributed by atoms with Gasteiger partial charge in [0, 0.05) is 19.5 Å². The van der Waals surface area contributed by atoms with Crippen LogP contribution >= 0.6 is 0 Å². The molecule has 1 aliphatic heterocycles. The number of carboxylic acid groups (broad SMARTS) is 1. The van der Waals surface area contributed by atoms with Crippen molar-refractivity contribution < 1.29 is 14.7 Å². The van der Waals surface area contributed by atoms with Crippen molar-refractivity contribution in [3.63, 3.8) is 0 Å². The summed E-state index contributed by atoms with van der Waals surface area (Å²) in [4.78, 5) is 24.3. The lowest BCUT2D eigenvalue weighted by molar-refractivity contribution is -0.138. The van der Waals surface area contributed by atoms with E-state index in [4.69, 9.17) is 10.8 Å². The molecular formula is C12H22N2O3. The van der Waals surface area contributed by atoms with E-state index in [0.717, 1.165) is 19.3 Å². The molecule has 5 nitrogen and oxygen atoms in total. The minimum Gasteiger partial charge on any atom is -0.481 e. The number of nitrogens with zero attached hydrogens (tertiary/aromatic N) is 1. The molecule has 0 aliphatic carbocycles. The molecule has 0 aromatic heterocycles. The highest BCUT2D eigenvalue weighted by molar-refractivity contribution is 5.81. The zero-order valence-electron chi connectivity index (χ0n) is 10.4. The highest BCUT2D eigenvalue weighted by atomic mass is 16.4. The first-order valence-corrected chi connectivity index (χ1v) is 6.30. The summed E-state index contributed by atoms with van der Waals surface area (Å²) in [5.41, 5.74) is 5.79. The Balaban J connectivity index is 2.35. The predicted molar refractivity (Wildman–Crippen MR) is 64.4 cm³/mol. The van der Waals surface area contributed by atoms with Gasteiger partial charge < -0.3 is 15.7 Å². The molecule has 17 heavy (non-hydrogen) atoms. The number of likely N-dealkylation sites (tertiary alicyclic amines) is 1. The topological polar surface area (TPSA) is 83.6 Å². The Morgan fingerprint density at radius 2 is 2.00 bits per heavy atom. The van der Waals surface area contributed by atoms with Crippen molar-refractivity contribution in [3.8, 4) is 0 Å². The van der Waals surface area contributed by atoms with Crippen LogP contribution in [-0.2, 0) is 9.59 Å². The van der Waals surface area contributed by atoms with Crippen LogP contribution in [0.5, 0.6) is 0 Å². The molecule has 3 N–H and O–H groups in total. The van der Waals surface area contributed by atoms with Gasteiger partial charge in [-0.05, 0) is 25.2 Å². The molecule has 0 saturated carbocycles. The van der Waals surface area contributed by atoms with Crippen LogP contribution in [0.25, 0.3) is 0 Å². The monoisotopic (exact) mass is 242 g/mol. The van der Waals surface area contributed by atoms with Crippen LogP contribution < -0.4 is 5.73 Å². The lowest BCUT2D eigenvalue weighted by atomic mass is 9.93. The highest BCUT2D eigenvalue weighted by Crippen LogP contribution is 2.21. The summed E-state index contributed by atoms with van der Waals surface area (Å²) in [5, 5.41) is 8.70. The normalized spacial score (nSPS) is 19.1. The Morgan fingerprint density at radius 1 is 1.41 bits per heavy atom. The molecule has 0 bridgehead atoms. The number of hydrogen-bond donors (Lipinski definition) is 2. The lowest BCUT2D eigenvalue weighted by Gasteiger charge is -2.33. The van der Waals surface area contributed by atoms with Gasteiger partial charge in [0.25, 0.3) is 0 Å². The number of hydrogen-bond acceptors (Lipinski definition) is 3. The van der Waals surface area contributed by atoms with E-state index in [1.54, 1.807) is 4.90 Å². The number of carbonyl (C=O) groups excluding carboxylic acids is 1. The van der Waals surface area contributed by atoms with E-state index in [2.05, 4.69) is 0 Å². The van der Waals surface area contributed by atoms with Gasteiger partial charge in [0.1, 0.15) is 0 Å².